The van der Waals surface area contributed by atoms with Gasteiger partial charge in [-0.2, -0.15) is 0 Å². The van der Waals surface area contributed by atoms with Crippen LogP contribution in [0.1, 0.15) is 12.5 Å². The fourth-order valence-corrected chi connectivity index (χ4v) is 1.84. The Morgan fingerprint density at radius 3 is 2.36 bits per heavy atom. The van der Waals surface area contributed by atoms with Crippen LogP contribution >= 0.6 is 0 Å². The molecule has 5 nitrogen and oxygen atoms in total. The van der Waals surface area contributed by atoms with Crippen molar-refractivity contribution in [2.24, 2.45) is 0 Å². The lowest BCUT2D eigenvalue weighted by molar-refractivity contribution is -0.152. The van der Waals surface area contributed by atoms with E-state index in [1.165, 1.54) is 19.1 Å². The zero-order valence-electron chi connectivity index (χ0n) is 12.2. The second-order valence-electron chi connectivity index (χ2n) is 4.83. The first-order chi connectivity index (χ1) is 10.5. The molecule has 114 valence electrons. The van der Waals surface area contributed by atoms with Gasteiger partial charge in [0.2, 0.25) is 0 Å². The molecular formula is C17H17NO4. The van der Waals surface area contributed by atoms with Crippen LogP contribution in [0, 0.1) is 0 Å². The highest BCUT2D eigenvalue weighted by Gasteiger charge is 2.18. The normalized spacial score (nSPS) is 11.5. The first kappa shape index (κ1) is 15.6. The molecule has 0 spiro atoms. The van der Waals surface area contributed by atoms with Crippen LogP contribution in [-0.4, -0.2) is 23.1 Å². The number of esters is 1. The zero-order chi connectivity index (χ0) is 15.9. The molecule has 0 aliphatic heterocycles. The predicted molar refractivity (Wildman–Crippen MR) is 82.4 cm³/mol. The average Bonchev–Trinajstić information content (AvgIpc) is 2.50. The number of phenols is 1. The SMILES string of the molecule is C[C@@H](OC(=O)Cc1ccc(O)cc1)C(=O)Nc1ccccc1. The summed E-state index contributed by atoms with van der Waals surface area (Å²) in [6, 6.07) is 15.2. The van der Waals surface area contributed by atoms with Gasteiger partial charge < -0.3 is 15.2 Å². The Morgan fingerprint density at radius 1 is 1.09 bits per heavy atom. The molecule has 0 saturated carbocycles. The third-order valence-corrected chi connectivity index (χ3v) is 3.00. The van der Waals surface area contributed by atoms with Gasteiger partial charge >= 0.3 is 5.97 Å². The van der Waals surface area contributed by atoms with Gasteiger partial charge in [0.1, 0.15) is 5.75 Å². The second-order valence-corrected chi connectivity index (χ2v) is 4.83. The molecule has 0 aliphatic carbocycles. The Kier molecular flexibility index (Phi) is 5.14. The van der Waals surface area contributed by atoms with Crippen molar-refractivity contribution in [3.8, 4) is 5.75 Å². The van der Waals surface area contributed by atoms with E-state index in [1.54, 1.807) is 36.4 Å². The zero-order valence-corrected chi connectivity index (χ0v) is 12.2. The summed E-state index contributed by atoms with van der Waals surface area (Å²) in [5.74, 6) is -0.751. The van der Waals surface area contributed by atoms with Crippen molar-refractivity contribution < 1.29 is 19.4 Å². The van der Waals surface area contributed by atoms with E-state index >= 15 is 0 Å². The first-order valence-electron chi connectivity index (χ1n) is 6.88. The van der Waals surface area contributed by atoms with Crippen molar-refractivity contribution in [3.63, 3.8) is 0 Å². The molecule has 5 heteroatoms. The Labute approximate surface area is 128 Å². The molecule has 0 unspecified atom stereocenters. The number of benzene rings is 2. The van der Waals surface area contributed by atoms with Gasteiger partial charge in [-0.15, -0.1) is 0 Å². The molecule has 1 atom stereocenters. The predicted octanol–water partition coefficient (Wildman–Crippen LogP) is 2.51. The van der Waals surface area contributed by atoms with Crippen molar-refractivity contribution in [2.45, 2.75) is 19.4 Å². The fraction of sp³-hybridized carbons (Fsp3) is 0.176. The maximum Gasteiger partial charge on any atom is 0.311 e. The number of amides is 1. The van der Waals surface area contributed by atoms with E-state index in [4.69, 9.17) is 4.74 Å². The third kappa shape index (κ3) is 4.63. The van der Waals surface area contributed by atoms with Crippen molar-refractivity contribution in [3.05, 3.63) is 60.2 Å². The number of para-hydroxylation sites is 1. The van der Waals surface area contributed by atoms with Gasteiger partial charge in [-0.1, -0.05) is 30.3 Å². The highest BCUT2D eigenvalue weighted by Crippen LogP contribution is 2.11. The summed E-state index contributed by atoms with van der Waals surface area (Å²) in [4.78, 5) is 23.7. The van der Waals surface area contributed by atoms with E-state index in [2.05, 4.69) is 5.32 Å². The lowest BCUT2D eigenvalue weighted by Gasteiger charge is -2.13. The van der Waals surface area contributed by atoms with Gasteiger partial charge in [0.15, 0.2) is 6.10 Å². The van der Waals surface area contributed by atoms with E-state index in [1.807, 2.05) is 6.07 Å². The summed E-state index contributed by atoms with van der Waals surface area (Å²) >= 11 is 0. The minimum atomic E-state index is -0.884. The molecule has 0 saturated heterocycles. The highest BCUT2D eigenvalue weighted by atomic mass is 16.5. The largest absolute Gasteiger partial charge is 0.508 e. The number of phenolic OH excluding ortho intramolecular Hbond substituents is 1. The highest BCUT2D eigenvalue weighted by molar-refractivity contribution is 5.95. The number of carbonyl (C=O) groups excluding carboxylic acids is 2. The van der Waals surface area contributed by atoms with Crippen LogP contribution < -0.4 is 5.32 Å². The maximum absolute atomic E-state index is 11.9. The summed E-state index contributed by atoms with van der Waals surface area (Å²) in [7, 11) is 0. The molecule has 0 heterocycles. The maximum atomic E-state index is 11.9. The van der Waals surface area contributed by atoms with Crippen molar-refractivity contribution in [1.82, 2.24) is 0 Å². The van der Waals surface area contributed by atoms with E-state index in [0.717, 1.165) is 0 Å². The number of nitrogens with one attached hydrogen (secondary N) is 1. The summed E-state index contributed by atoms with van der Waals surface area (Å²) in [5.41, 5.74) is 1.35. The monoisotopic (exact) mass is 299 g/mol. The summed E-state index contributed by atoms with van der Waals surface area (Å²) < 4.78 is 5.11. The van der Waals surface area contributed by atoms with E-state index in [0.29, 0.717) is 11.3 Å². The second kappa shape index (κ2) is 7.26. The number of anilines is 1. The topological polar surface area (TPSA) is 75.6 Å². The molecule has 0 fully saturated rings. The summed E-state index contributed by atoms with van der Waals surface area (Å²) in [6.45, 7) is 1.52. The standard InChI is InChI=1S/C17H17NO4/c1-12(17(21)18-14-5-3-2-4-6-14)22-16(20)11-13-7-9-15(19)10-8-13/h2-10,12,19H,11H2,1H3,(H,18,21)/t12-/m1/s1. The molecule has 0 radical (unpaired) electrons. The van der Waals surface area contributed by atoms with Crippen molar-refractivity contribution >= 4 is 17.6 Å². The minimum Gasteiger partial charge on any atom is -0.508 e. The van der Waals surface area contributed by atoms with Gasteiger partial charge in [-0.3, -0.25) is 9.59 Å². The van der Waals surface area contributed by atoms with Crippen LogP contribution in [0.5, 0.6) is 5.75 Å². The molecule has 0 aromatic heterocycles. The number of ether oxygens (including phenoxy) is 1. The molecule has 0 aliphatic rings. The van der Waals surface area contributed by atoms with Crippen molar-refractivity contribution in [2.75, 3.05) is 5.32 Å². The van der Waals surface area contributed by atoms with Crippen LogP contribution in [0.4, 0.5) is 5.69 Å². The van der Waals surface area contributed by atoms with Gasteiger partial charge in [0, 0.05) is 5.69 Å². The number of aromatic hydroxyl groups is 1. The van der Waals surface area contributed by atoms with Crippen LogP contribution in [0.3, 0.4) is 0 Å². The van der Waals surface area contributed by atoms with Crippen LogP contribution in [-0.2, 0) is 20.7 Å². The molecular weight excluding hydrogens is 282 g/mol. The lowest BCUT2D eigenvalue weighted by Crippen LogP contribution is -2.30. The molecule has 2 aromatic rings. The number of hydrogen-bond acceptors (Lipinski definition) is 4. The smallest absolute Gasteiger partial charge is 0.311 e. The Bertz CT molecular complexity index is 637. The van der Waals surface area contributed by atoms with Crippen LogP contribution in [0.25, 0.3) is 0 Å². The minimum absolute atomic E-state index is 0.0449. The molecule has 2 rings (SSSR count). The van der Waals surface area contributed by atoms with Crippen molar-refractivity contribution in [1.29, 1.82) is 0 Å². The van der Waals surface area contributed by atoms with Gasteiger partial charge in [-0.25, -0.2) is 0 Å². The number of rotatable bonds is 5. The molecule has 1 amide bonds. The van der Waals surface area contributed by atoms with Gasteiger partial charge in [0.25, 0.3) is 5.91 Å². The number of carbonyl (C=O) groups is 2. The third-order valence-electron chi connectivity index (χ3n) is 3.00. The van der Waals surface area contributed by atoms with E-state index in [-0.39, 0.29) is 18.1 Å². The van der Waals surface area contributed by atoms with E-state index in [9.17, 15) is 14.7 Å². The quantitative estimate of drug-likeness (QED) is 0.832. The molecule has 2 aromatic carbocycles. The summed E-state index contributed by atoms with van der Waals surface area (Å²) in [5, 5.41) is 11.8. The number of hydrogen-bond donors (Lipinski definition) is 2. The fourth-order valence-electron chi connectivity index (χ4n) is 1.84. The van der Waals surface area contributed by atoms with Crippen LogP contribution in [0.2, 0.25) is 0 Å². The average molecular weight is 299 g/mol. The Hall–Kier alpha value is -2.82. The van der Waals surface area contributed by atoms with E-state index < -0.39 is 12.1 Å². The molecule has 0 bridgehead atoms. The molecule has 22 heavy (non-hydrogen) atoms. The Morgan fingerprint density at radius 2 is 1.73 bits per heavy atom. The van der Waals surface area contributed by atoms with Crippen LogP contribution in [0.15, 0.2) is 54.6 Å². The lowest BCUT2D eigenvalue weighted by atomic mass is 10.1. The Balaban J connectivity index is 1.85. The van der Waals surface area contributed by atoms with Gasteiger partial charge in [-0.05, 0) is 36.8 Å². The van der Waals surface area contributed by atoms with Gasteiger partial charge in [0.05, 0.1) is 6.42 Å². The molecule has 2 N–H and O–H groups in total. The first-order valence-corrected chi connectivity index (χ1v) is 6.88. The summed E-state index contributed by atoms with van der Waals surface area (Å²) in [6.07, 6.45) is -0.840.